The second-order valence-electron chi connectivity index (χ2n) is 8.76. The Morgan fingerprint density at radius 3 is 2.74 bits per heavy atom. The summed E-state index contributed by atoms with van der Waals surface area (Å²) in [5.74, 6) is -1.13. The standard InChI is InChI=1S/C28H21BrN4O4S/c1-3-37-18-10-11-19-20(14-18)38-28(31-19)33-24(16-7-6-8-17(29)13-16)22(26(35)27(33)36)25(34)23-15(2)30-21-9-4-5-12-32(21)23/h4-14,24,34H,3H2,1-2H3/b25-22+. The molecule has 6 rings (SSSR count). The summed E-state index contributed by atoms with van der Waals surface area (Å²) in [5, 5.41) is 12.0. The highest BCUT2D eigenvalue weighted by atomic mass is 79.9. The molecule has 0 spiro atoms. The Balaban J connectivity index is 1.58. The van der Waals surface area contributed by atoms with Gasteiger partial charge in [-0.15, -0.1) is 0 Å². The highest BCUT2D eigenvalue weighted by molar-refractivity contribution is 9.10. The molecule has 1 saturated heterocycles. The monoisotopic (exact) mass is 588 g/mol. The van der Waals surface area contributed by atoms with Gasteiger partial charge in [0.05, 0.1) is 34.1 Å². The van der Waals surface area contributed by atoms with E-state index in [0.29, 0.717) is 45.6 Å². The van der Waals surface area contributed by atoms with Crippen LogP contribution in [0.15, 0.2) is 76.9 Å². The van der Waals surface area contributed by atoms with E-state index in [2.05, 4.69) is 25.9 Å². The van der Waals surface area contributed by atoms with Gasteiger partial charge in [-0.1, -0.05) is 45.5 Å². The predicted molar refractivity (Wildman–Crippen MR) is 150 cm³/mol. The summed E-state index contributed by atoms with van der Waals surface area (Å²) < 4.78 is 8.92. The number of fused-ring (bicyclic) bond motifs is 2. The van der Waals surface area contributed by atoms with Gasteiger partial charge in [-0.05, 0) is 61.9 Å². The first-order chi connectivity index (χ1) is 18.4. The second-order valence-corrected chi connectivity index (χ2v) is 10.7. The number of anilines is 1. The van der Waals surface area contributed by atoms with Crippen LogP contribution in [0.2, 0.25) is 0 Å². The van der Waals surface area contributed by atoms with Gasteiger partial charge in [0, 0.05) is 10.7 Å². The van der Waals surface area contributed by atoms with Gasteiger partial charge in [0.15, 0.2) is 10.9 Å². The number of pyridine rings is 1. The van der Waals surface area contributed by atoms with E-state index >= 15 is 0 Å². The SMILES string of the molecule is CCOc1ccc2nc(N3C(=O)C(=O)/C(=C(/O)c4c(C)nc5ccccn45)C3c3cccc(Br)c3)sc2c1. The number of aliphatic hydroxyl groups is 1. The molecule has 8 nitrogen and oxygen atoms in total. The van der Waals surface area contributed by atoms with Crippen LogP contribution in [-0.4, -0.2) is 37.8 Å². The van der Waals surface area contributed by atoms with Crippen molar-refractivity contribution in [2.75, 3.05) is 11.5 Å². The number of benzene rings is 2. The summed E-state index contributed by atoms with van der Waals surface area (Å²) in [6.07, 6.45) is 1.76. The van der Waals surface area contributed by atoms with Crippen LogP contribution >= 0.6 is 27.3 Å². The van der Waals surface area contributed by atoms with Crippen molar-refractivity contribution in [3.63, 3.8) is 0 Å². The molecule has 38 heavy (non-hydrogen) atoms. The summed E-state index contributed by atoms with van der Waals surface area (Å²) in [7, 11) is 0. The van der Waals surface area contributed by atoms with E-state index in [-0.39, 0.29) is 11.3 Å². The lowest BCUT2D eigenvalue weighted by Gasteiger charge is -2.23. The number of rotatable bonds is 5. The maximum absolute atomic E-state index is 13.6. The normalized spacial score (nSPS) is 17.1. The van der Waals surface area contributed by atoms with E-state index in [1.165, 1.54) is 16.2 Å². The first-order valence-corrected chi connectivity index (χ1v) is 13.5. The quantitative estimate of drug-likeness (QED) is 0.153. The maximum atomic E-state index is 13.6. The van der Waals surface area contributed by atoms with Crippen LogP contribution in [-0.2, 0) is 9.59 Å². The largest absolute Gasteiger partial charge is 0.505 e. The van der Waals surface area contributed by atoms with E-state index < -0.39 is 17.7 Å². The number of hydrogen-bond acceptors (Lipinski definition) is 7. The first kappa shape index (κ1) is 24.3. The van der Waals surface area contributed by atoms with Gasteiger partial charge >= 0.3 is 5.91 Å². The van der Waals surface area contributed by atoms with Crippen molar-refractivity contribution >= 4 is 65.7 Å². The van der Waals surface area contributed by atoms with Crippen molar-refractivity contribution in [3.05, 3.63) is 93.9 Å². The molecule has 0 aliphatic carbocycles. The lowest BCUT2D eigenvalue weighted by molar-refractivity contribution is -0.132. The number of imidazole rings is 1. The fourth-order valence-corrected chi connectivity index (χ4v) is 6.24. The van der Waals surface area contributed by atoms with Crippen LogP contribution in [0, 0.1) is 6.92 Å². The van der Waals surface area contributed by atoms with Crippen molar-refractivity contribution < 1.29 is 19.4 Å². The number of Topliss-reactive ketones (excluding diaryl/α,β-unsaturated/α-hetero) is 1. The van der Waals surface area contributed by atoms with Crippen LogP contribution in [0.4, 0.5) is 5.13 Å². The first-order valence-electron chi connectivity index (χ1n) is 11.9. The number of aromatic nitrogens is 3. The fraction of sp³-hybridized carbons (Fsp3) is 0.143. The highest BCUT2D eigenvalue weighted by Gasteiger charge is 2.48. The number of aliphatic hydroxyl groups excluding tert-OH is 1. The Kier molecular flexibility index (Phi) is 6.00. The molecule has 1 amide bonds. The summed E-state index contributed by atoms with van der Waals surface area (Å²) in [4.78, 5) is 37.8. The Hall–Kier alpha value is -4.02. The van der Waals surface area contributed by atoms with Crippen molar-refractivity contribution in [1.82, 2.24) is 14.4 Å². The molecule has 3 aromatic heterocycles. The van der Waals surface area contributed by atoms with Gasteiger partial charge in [0.25, 0.3) is 5.78 Å². The van der Waals surface area contributed by atoms with E-state index in [4.69, 9.17) is 4.74 Å². The summed E-state index contributed by atoms with van der Waals surface area (Å²) in [6, 6.07) is 17.4. The zero-order valence-electron chi connectivity index (χ0n) is 20.4. The summed E-state index contributed by atoms with van der Waals surface area (Å²) in [5.41, 5.74) is 2.84. The maximum Gasteiger partial charge on any atom is 0.301 e. The lowest BCUT2D eigenvalue weighted by Crippen LogP contribution is -2.29. The fourth-order valence-electron chi connectivity index (χ4n) is 4.80. The number of thiazole rings is 1. The van der Waals surface area contributed by atoms with Gasteiger partial charge in [0.1, 0.15) is 17.1 Å². The molecule has 0 saturated carbocycles. The molecule has 5 aromatic rings. The molecule has 0 bridgehead atoms. The number of ketones is 1. The van der Waals surface area contributed by atoms with Gasteiger partial charge in [0.2, 0.25) is 0 Å². The van der Waals surface area contributed by atoms with E-state index in [0.717, 1.165) is 9.17 Å². The number of aryl methyl sites for hydroxylation is 1. The Labute approximate surface area is 230 Å². The Morgan fingerprint density at radius 2 is 1.95 bits per heavy atom. The molecular formula is C28H21BrN4O4S. The minimum atomic E-state index is -0.895. The van der Waals surface area contributed by atoms with E-state index in [1.807, 2.05) is 67.6 Å². The number of amides is 1. The van der Waals surface area contributed by atoms with Crippen molar-refractivity contribution in [2.45, 2.75) is 19.9 Å². The average molecular weight is 589 g/mol. The minimum Gasteiger partial charge on any atom is -0.505 e. The van der Waals surface area contributed by atoms with Gasteiger partial charge < -0.3 is 9.84 Å². The number of halogens is 1. The smallest absolute Gasteiger partial charge is 0.301 e. The third-order valence-corrected chi connectivity index (χ3v) is 7.91. The van der Waals surface area contributed by atoms with E-state index in [1.54, 1.807) is 17.5 Å². The van der Waals surface area contributed by atoms with Crippen molar-refractivity contribution in [2.24, 2.45) is 0 Å². The lowest BCUT2D eigenvalue weighted by atomic mass is 9.96. The van der Waals surface area contributed by atoms with E-state index in [9.17, 15) is 14.7 Å². The molecule has 4 heterocycles. The summed E-state index contributed by atoms with van der Waals surface area (Å²) >= 11 is 4.79. The third-order valence-electron chi connectivity index (χ3n) is 6.40. The van der Waals surface area contributed by atoms with Gasteiger partial charge in [-0.25, -0.2) is 9.97 Å². The molecule has 0 radical (unpaired) electrons. The minimum absolute atomic E-state index is 0.0175. The van der Waals surface area contributed by atoms with Crippen LogP contribution < -0.4 is 9.64 Å². The topological polar surface area (TPSA) is 97.0 Å². The van der Waals surface area contributed by atoms with Crippen LogP contribution in [0.1, 0.15) is 29.9 Å². The number of hydrogen-bond donors (Lipinski definition) is 1. The molecule has 1 atom stereocenters. The second kappa shape index (κ2) is 9.38. The Bertz CT molecular complexity index is 1790. The van der Waals surface area contributed by atoms with Gasteiger partial charge in [-0.2, -0.15) is 0 Å². The summed E-state index contributed by atoms with van der Waals surface area (Å²) in [6.45, 7) is 4.19. The van der Waals surface area contributed by atoms with Crippen LogP contribution in [0.25, 0.3) is 21.6 Å². The predicted octanol–water partition coefficient (Wildman–Crippen LogP) is 6.04. The van der Waals surface area contributed by atoms with Gasteiger partial charge in [-0.3, -0.25) is 18.9 Å². The number of ether oxygens (including phenoxy) is 1. The molecule has 190 valence electrons. The zero-order valence-corrected chi connectivity index (χ0v) is 22.8. The molecule has 10 heteroatoms. The molecule has 1 aliphatic heterocycles. The highest BCUT2D eigenvalue weighted by Crippen LogP contribution is 2.45. The zero-order chi connectivity index (χ0) is 26.6. The molecule has 1 N–H and O–H groups in total. The number of carbonyl (C=O) groups is 2. The molecule has 2 aromatic carbocycles. The number of nitrogens with zero attached hydrogens (tertiary/aromatic N) is 4. The number of carbonyl (C=O) groups excluding carboxylic acids is 2. The third kappa shape index (κ3) is 3.88. The molecule has 1 aliphatic rings. The average Bonchev–Trinajstić information content (AvgIpc) is 3.54. The van der Waals surface area contributed by atoms with Crippen LogP contribution in [0.3, 0.4) is 0 Å². The molecular weight excluding hydrogens is 568 g/mol. The molecule has 1 fully saturated rings. The van der Waals surface area contributed by atoms with Crippen molar-refractivity contribution in [1.29, 1.82) is 0 Å². The van der Waals surface area contributed by atoms with Crippen LogP contribution in [0.5, 0.6) is 5.75 Å². The van der Waals surface area contributed by atoms with Crippen molar-refractivity contribution in [3.8, 4) is 5.75 Å². The molecule has 1 unspecified atom stereocenters. The Morgan fingerprint density at radius 1 is 1.11 bits per heavy atom.